The molecule has 39 heavy (non-hydrogen) atoms. The molecule has 0 saturated heterocycles. The molecule has 1 aliphatic carbocycles. The normalized spacial score (nSPS) is 14.7. The van der Waals surface area contributed by atoms with E-state index in [1.54, 1.807) is 0 Å². The first kappa shape index (κ1) is 23.2. The number of hydrogen-bond acceptors (Lipinski definition) is 4. The maximum atomic E-state index is 11.5. The Kier molecular flexibility index (Phi) is 5.07. The Morgan fingerprint density at radius 3 is 1.87 bits per heavy atom. The summed E-state index contributed by atoms with van der Waals surface area (Å²) in [6.07, 6.45) is 5.21. The molecule has 6 aromatic rings. The zero-order chi connectivity index (χ0) is 26.8. The van der Waals surface area contributed by atoms with Crippen LogP contribution in [0.5, 0.6) is 23.0 Å². The lowest BCUT2D eigenvalue weighted by Gasteiger charge is -2.25. The minimum atomic E-state index is -0.740. The van der Waals surface area contributed by atoms with Crippen LogP contribution in [0.25, 0.3) is 60.6 Å². The summed E-state index contributed by atoms with van der Waals surface area (Å²) in [5.74, 6) is -2.08. The molecule has 1 aliphatic rings. The van der Waals surface area contributed by atoms with Gasteiger partial charge in [0.25, 0.3) is 0 Å². The van der Waals surface area contributed by atoms with Gasteiger partial charge in [0, 0.05) is 21.9 Å². The van der Waals surface area contributed by atoms with Crippen molar-refractivity contribution in [3.05, 3.63) is 102 Å². The lowest BCUT2D eigenvalue weighted by atomic mass is 9.78. The summed E-state index contributed by atoms with van der Waals surface area (Å²) >= 11 is 0. The van der Waals surface area contributed by atoms with Crippen LogP contribution in [0.4, 0.5) is 0 Å². The van der Waals surface area contributed by atoms with Crippen molar-refractivity contribution in [2.75, 3.05) is 0 Å². The molecule has 0 fully saturated rings. The smallest absolute Gasteiger partial charge is 0.204 e. The molecule has 1 unspecified atom stereocenters. The van der Waals surface area contributed by atoms with E-state index in [-0.39, 0.29) is 0 Å². The quantitative estimate of drug-likeness (QED) is 0.107. The van der Waals surface area contributed by atoms with E-state index in [9.17, 15) is 20.4 Å². The highest BCUT2D eigenvalue weighted by atomic mass is 16.3. The molecule has 0 radical (unpaired) electrons. The van der Waals surface area contributed by atoms with Gasteiger partial charge in [0.1, 0.15) is 0 Å². The maximum absolute atomic E-state index is 11.5. The topological polar surface area (TPSA) is 80.9 Å². The van der Waals surface area contributed by atoms with E-state index < -0.39 is 23.0 Å². The van der Waals surface area contributed by atoms with E-state index in [2.05, 4.69) is 37.3 Å². The fourth-order valence-electron chi connectivity index (χ4n) is 6.26. The number of aromatic hydroxyl groups is 4. The molecule has 190 valence electrons. The van der Waals surface area contributed by atoms with Crippen molar-refractivity contribution in [2.45, 2.75) is 13.3 Å². The first-order valence-corrected chi connectivity index (χ1v) is 13.1. The van der Waals surface area contributed by atoms with Crippen LogP contribution in [-0.4, -0.2) is 20.4 Å². The molecule has 1 atom stereocenters. The van der Waals surface area contributed by atoms with E-state index in [4.69, 9.17) is 0 Å². The standard InChI is InChI=1S/C35H26O4/c1-19-15-16-23-22-12-6-5-11-21(22)18-27(26(23)17-19)29-25-14-8-7-13-24(25)28(20-9-3-2-4-10-20)30-31(29)33(37)35(39)34(38)32(30)36/h2-16,18-19,36-39H,17H2,1H3. The van der Waals surface area contributed by atoms with Crippen LogP contribution < -0.4 is 0 Å². The van der Waals surface area contributed by atoms with Gasteiger partial charge in [-0.2, -0.15) is 0 Å². The number of fused-ring (bicyclic) bond motifs is 5. The first-order chi connectivity index (χ1) is 19.0. The summed E-state index contributed by atoms with van der Waals surface area (Å²) in [7, 11) is 0. The summed E-state index contributed by atoms with van der Waals surface area (Å²) in [6, 6.07) is 27.9. The molecular weight excluding hydrogens is 484 g/mol. The molecule has 0 spiro atoms. The van der Waals surface area contributed by atoms with Gasteiger partial charge in [0.05, 0.1) is 0 Å². The predicted octanol–water partition coefficient (Wildman–Crippen LogP) is 8.51. The van der Waals surface area contributed by atoms with Crippen molar-refractivity contribution in [1.29, 1.82) is 0 Å². The van der Waals surface area contributed by atoms with E-state index in [0.29, 0.717) is 27.8 Å². The van der Waals surface area contributed by atoms with Crippen molar-refractivity contribution < 1.29 is 20.4 Å². The Bertz CT molecular complexity index is 1990. The highest BCUT2D eigenvalue weighted by molar-refractivity contribution is 6.26. The fraction of sp³-hybridized carbons (Fsp3) is 0.0857. The minimum absolute atomic E-state index is 0.295. The van der Waals surface area contributed by atoms with E-state index in [1.165, 1.54) is 0 Å². The highest BCUT2D eigenvalue weighted by Gasteiger charge is 2.29. The van der Waals surface area contributed by atoms with Crippen molar-refractivity contribution >= 4 is 38.4 Å². The maximum Gasteiger partial charge on any atom is 0.204 e. The Morgan fingerprint density at radius 1 is 0.615 bits per heavy atom. The number of allylic oxidation sites excluding steroid dienone is 1. The Hall–Kier alpha value is -4.96. The molecule has 0 aromatic heterocycles. The second-order valence-electron chi connectivity index (χ2n) is 10.4. The third kappa shape index (κ3) is 3.31. The summed E-state index contributed by atoms with van der Waals surface area (Å²) in [5, 5.41) is 48.8. The van der Waals surface area contributed by atoms with Crippen molar-refractivity contribution in [2.24, 2.45) is 5.92 Å². The highest BCUT2D eigenvalue weighted by Crippen LogP contribution is 2.57. The van der Waals surface area contributed by atoms with Crippen LogP contribution in [-0.2, 0) is 6.42 Å². The molecule has 4 nitrogen and oxygen atoms in total. The number of rotatable bonds is 2. The van der Waals surface area contributed by atoms with Crippen LogP contribution in [0.1, 0.15) is 18.1 Å². The van der Waals surface area contributed by atoms with Gasteiger partial charge in [-0.1, -0.05) is 97.9 Å². The largest absolute Gasteiger partial charge is 0.504 e. The molecule has 0 bridgehead atoms. The van der Waals surface area contributed by atoms with Crippen molar-refractivity contribution in [3.8, 4) is 45.3 Å². The van der Waals surface area contributed by atoms with E-state index in [1.807, 2.05) is 66.7 Å². The van der Waals surface area contributed by atoms with Crippen LogP contribution in [0.2, 0.25) is 0 Å². The average molecular weight is 511 g/mol. The number of benzene rings is 6. The predicted molar refractivity (Wildman–Crippen MR) is 158 cm³/mol. The summed E-state index contributed by atoms with van der Waals surface area (Å²) in [6.45, 7) is 2.18. The number of phenolic OH excluding ortho intramolecular Hbond substituents is 4. The van der Waals surface area contributed by atoms with E-state index in [0.717, 1.165) is 50.2 Å². The van der Waals surface area contributed by atoms with Gasteiger partial charge in [-0.15, -0.1) is 0 Å². The molecule has 0 heterocycles. The molecule has 6 aromatic carbocycles. The summed E-state index contributed by atoms with van der Waals surface area (Å²) in [5.41, 5.74) is 5.43. The van der Waals surface area contributed by atoms with Crippen LogP contribution >= 0.6 is 0 Å². The van der Waals surface area contributed by atoms with Gasteiger partial charge in [-0.05, 0) is 62.2 Å². The lowest BCUT2D eigenvalue weighted by molar-refractivity contribution is 0.351. The third-order valence-electron chi connectivity index (χ3n) is 8.01. The van der Waals surface area contributed by atoms with Crippen LogP contribution in [0, 0.1) is 5.92 Å². The van der Waals surface area contributed by atoms with E-state index >= 15 is 0 Å². The third-order valence-corrected chi connectivity index (χ3v) is 8.01. The molecule has 0 saturated carbocycles. The fourth-order valence-corrected chi connectivity index (χ4v) is 6.26. The molecule has 4 N–H and O–H groups in total. The van der Waals surface area contributed by atoms with Gasteiger partial charge < -0.3 is 20.4 Å². The molecule has 4 heteroatoms. The van der Waals surface area contributed by atoms with Crippen LogP contribution in [0.3, 0.4) is 0 Å². The summed E-state index contributed by atoms with van der Waals surface area (Å²) in [4.78, 5) is 0. The van der Waals surface area contributed by atoms with Gasteiger partial charge in [0.2, 0.25) is 11.5 Å². The molecule has 0 aliphatic heterocycles. The second-order valence-corrected chi connectivity index (χ2v) is 10.4. The zero-order valence-electron chi connectivity index (χ0n) is 21.3. The number of phenols is 4. The molecule has 7 rings (SSSR count). The van der Waals surface area contributed by atoms with Gasteiger partial charge in [0.15, 0.2) is 11.5 Å². The molecule has 0 amide bonds. The number of hydrogen-bond donors (Lipinski definition) is 4. The average Bonchev–Trinajstić information content (AvgIpc) is 2.97. The van der Waals surface area contributed by atoms with Crippen molar-refractivity contribution in [3.63, 3.8) is 0 Å². The molecular formula is C35H26O4. The first-order valence-electron chi connectivity index (χ1n) is 13.1. The SMILES string of the molecule is CC1C=Cc2c(c(-c3c4ccccc4c(-c4ccccc4)c4c(O)c(O)c(O)c(O)c34)cc3ccccc23)C1. The Balaban J connectivity index is 1.77. The van der Waals surface area contributed by atoms with Gasteiger partial charge in [-0.25, -0.2) is 0 Å². The summed E-state index contributed by atoms with van der Waals surface area (Å²) < 4.78 is 0. The monoisotopic (exact) mass is 510 g/mol. The Labute approximate surface area is 225 Å². The van der Waals surface area contributed by atoms with Gasteiger partial charge >= 0.3 is 0 Å². The second kappa shape index (κ2) is 8.53. The Morgan fingerprint density at radius 2 is 1.18 bits per heavy atom. The minimum Gasteiger partial charge on any atom is -0.504 e. The zero-order valence-corrected chi connectivity index (χ0v) is 21.3. The van der Waals surface area contributed by atoms with Crippen molar-refractivity contribution in [1.82, 2.24) is 0 Å². The lowest BCUT2D eigenvalue weighted by Crippen LogP contribution is -2.06. The van der Waals surface area contributed by atoms with Gasteiger partial charge in [-0.3, -0.25) is 0 Å². The van der Waals surface area contributed by atoms with Crippen LogP contribution in [0.15, 0.2) is 91.0 Å².